The number of carbonyl (C=O) groups is 3. The van der Waals surface area contributed by atoms with Crippen LogP contribution in [-0.2, 0) is 14.3 Å². The molecule has 4 aliphatic carbocycles. The van der Waals surface area contributed by atoms with Crippen molar-refractivity contribution in [2.75, 3.05) is 13.1 Å². The van der Waals surface area contributed by atoms with Crippen molar-refractivity contribution < 1.29 is 23.9 Å². The van der Waals surface area contributed by atoms with E-state index in [2.05, 4.69) is 65.2 Å². The number of unbranched alkanes of at least 4 members (excludes halogenated alkanes) is 4. The quantitative estimate of drug-likeness (QED) is 0.0683. The molecule has 8 atom stereocenters. The highest BCUT2D eigenvalue weighted by Crippen LogP contribution is 2.67. The molecule has 0 aromatic heterocycles. The van der Waals surface area contributed by atoms with Gasteiger partial charge in [0, 0.05) is 30.6 Å². The Balaban J connectivity index is 1.34. The van der Waals surface area contributed by atoms with Gasteiger partial charge >= 0.3 is 12.2 Å². The average Bonchev–Trinajstić information content (AvgIpc) is 3.45. The second-order valence-electron chi connectivity index (χ2n) is 22.6. The Morgan fingerprint density at radius 3 is 2.26 bits per heavy atom. The molecule has 0 aromatic carbocycles. The minimum Gasteiger partial charge on any atom is -0.446 e. The number of amides is 3. The van der Waals surface area contributed by atoms with E-state index in [-0.39, 0.29) is 23.2 Å². The molecule has 4 rings (SSSR count). The summed E-state index contributed by atoms with van der Waals surface area (Å²) in [6.07, 6.45) is 24.6. The molecule has 8 heteroatoms. The van der Waals surface area contributed by atoms with Gasteiger partial charge in [0.25, 0.3) is 0 Å². The number of nitrogens with one attached hydrogen (secondary N) is 2. The zero-order valence-corrected chi connectivity index (χ0v) is 39.5. The molecule has 2 N–H and O–H groups in total. The van der Waals surface area contributed by atoms with Crippen LogP contribution in [0, 0.1) is 46.3 Å². The Morgan fingerprint density at radius 2 is 1.59 bits per heavy atom. The van der Waals surface area contributed by atoms with Crippen LogP contribution >= 0.6 is 0 Å². The topological polar surface area (TPSA) is 97.0 Å². The number of ether oxygens (including phenoxy) is 2. The standard InChI is InChI=1S/C50H89N3O5/c1-13-37(36(2)3)20-19-21-38-23-25-42-41-24-22-39-34-40(26-29-50(39,12)43(41)27-30-49(38,42)11)57-45(56)53(32-18-16-14-15-17-28-47(7,8)51-35-54)33-31-48(9,10)52-44(55)58-46(4,5)6/h22,35-38,40-43H,13-21,23-34H2,1-12H3,(H,51,54)(H,52,55). The molecule has 0 bridgehead atoms. The third-order valence-corrected chi connectivity index (χ3v) is 15.9. The van der Waals surface area contributed by atoms with Gasteiger partial charge in [-0.1, -0.05) is 91.2 Å². The molecule has 4 aliphatic rings. The number of rotatable bonds is 21. The maximum absolute atomic E-state index is 14.0. The van der Waals surface area contributed by atoms with E-state index in [1.807, 2.05) is 39.5 Å². The summed E-state index contributed by atoms with van der Waals surface area (Å²) in [6.45, 7) is 27.3. The van der Waals surface area contributed by atoms with Crippen molar-refractivity contribution in [1.29, 1.82) is 0 Å². The Morgan fingerprint density at radius 1 is 0.879 bits per heavy atom. The highest BCUT2D eigenvalue weighted by atomic mass is 16.6. The van der Waals surface area contributed by atoms with E-state index < -0.39 is 17.2 Å². The fourth-order valence-corrected chi connectivity index (χ4v) is 12.1. The maximum atomic E-state index is 14.0. The van der Waals surface area contributed by atoms with Crippen molar-refractivity contribution in [3.8, 4) is 0 Å². The highest BCUT2D eigenvalue weighted by molar-refractivity contribution is 5.69. The minimum absolute atomic E-state index is 0.0930. The van der Waals surface area contributed by atoms with E-state index in [1.165, 1.54) is 57.8 Å². The molecule has 58 heavy (non-hydrogen) atoms. The zero-order chi connectivity index (χ0) is 42.9. The van der Waals surface area contributed by atoms with Crippen molar-refractivity contribution in [2.45, 2.75) is 228 Å². The molecule has 0 radical (unpaired) electrons. The van der Waals surface area contributed by atoms with Crippen molar-refractivity contribution >= 4 is 18.6 Å². The van der Waals surface area contributed by atoms with Crippen molar-refractivity contribution in [1.82, 2.24) is 15.5 Å². The first-order valence-corrected chi connectivity index (χ1v) is 24.0. The summed E-state index contributed by atoms with van der Waals surface area (Å²) >= 11 is 0. The number of hydrogen-bond donors (Lipinski definition) is 2. The van der Waals surface area contributed by atoms with Gasteiger partial charge in [-0.2, -0.15) is 0 Å². The van der Waals surface area contributed by atoms with Crippen LogP contribution in [0.1, 0.15) is 205 Å². The Kier molecular flexibility index (Phi) is 17.1. The van der Waals surface area contributed by atoms with Crippen LogP contribution in [0.2, 0.25) is 0 Å². The van der Waals surface area contributed by atoms with Crippen LogP contribution in [-0.4, -0.2) is 59.4 Å². The monoisotopic (exact) mass is 812 g/mol. The zero-order valence-electron chi connectivity index (χ0n) is 39.5. The molecule has 0 heterocycles. The third-order valence-electron chi connectivity index (χ3n) is 15.9. The fraction of sp³-hybridized carbons (Fsp3) is 0.900. The number of allylic oxidation sites excluding steroid dienone is 1. The first kappa shape index (κ1) is 48.4. The molecular formula is C50H89N3O5. The lowest BCUT2D eigenvalue weighted by atomic mass is 9.47. The maximum Gasteiger partial charge on any atom is 0.410 e. The van der Waals surface area contributed by atoms with Gasteiger partial charge in [-0.05, 0) is 165 Å². The molecule has 8 unspecified atom stereocenters. The van der Waals surface area contributed by atoms with Crippen molar-refractivity contribution in [3.05, 3.63) is 11.6 Å². The van der Waals surface area contributed by atoms with Gasteiger partial charge in [0.05, 0.1) is 0 Å². The SMILES string of the molecule is CCC(CCCC1CCC2C3CC=C4CC(OC(=O)N(CCCCCCCC(C)(C)NC=O)CCC(C)(C)NC(=O)OC(C)(C)C)CCC4(C)C3CCC12C)C(C)C. The van der Waals surface area contributed by atoms with Gasteiger partial charge in [-0.3, -0.25) is 4.79 Å². The summed E-state index contributed by atoms with van der Waals surface area (Å²) in [5, 5.41) is 5.93. The summed E-state index contributed by atoms with van der Waals surface area (Å²) in [4.78, 5) is 39.5. The first-order valence-electron chi connectivity index (χ1n) is 24.0. The van der Waals surface area contributed by atoms with Crippen LogP contribution in [0.15, 0.2) is 11.6 Å². The summed E-state index contributed by atoms with van der Waals surface area (Å²) in [5.41, 5.74) is 0.950. The summed E-state index contributed by atoms with van der Waals surface area (Å²) in [6, 6.07) is 0. The number of alkyl carbamates (subject to hydrolysis) is 1. The van der Waals surface area contributed by atoms with Gasteiger partial charge in [-0.15, -0.1) is 0 Å². The van der Waals surface area contributed by atoms with Gasteiger partial charge in [0.15, 0.2) is 0 Å². The lowest BCUT2D eigenvalue weighted by Crippen LogP contribution is -2.51. The van der Waals surface area contributed by atoms with Crippen LogP contribution in [0.3, 0.4) is 0 Å². The largest absolute Gasteiger partial charge is 0.446 e. The smallest absolute Gasteiger partial charge is 0.410 e. The van der Waals surface area contributed by atoms with Crippen LogP contribution in [0.5, 0.6) is 0 Å². The predicted molar refractivity (Wildman–Crippen MR) is 239 cm³/mol. The number of hydrogen-bond acceptors (Lipinski definition) is 5. The molecule has 3 saturated carbocycles. The number of carbonyl (C=O) groups excluding carboxylic acids is 3. The second-order valence-corrected chi connectivity index (χ2v) is 22.6. The highest BCUT2D eigenvalue weighted by Gasteiger charge is 2.58. The minimum atomic E-state index is -0.579. The van der Waals surface area contributed by atoms with Gasteiger partial charge in [-0.25, -0.2) is 9.59 Å². The lowest BCUT2D eigenvalue weighted by Gasteiger charge is -2.58. The van der Waals surface area contributed by atoms with Crippen LogP contribution < -0.4 is 10.6 Å². The summed E-state index contributed by atoms with van der Waals surface area (Å²) in [7, 11) is 0. The molecule has 0 aromatic rings. The number of fused-ring (bicyclic) bond motifs is 5. The molecule has 0 spiro atoms. The summed E-state index contributed by atoms with van der Waals surface area (Å²) in [5.74, 6) is 4.95. The second kappa shape index (κ2) is 20.5. The summed E-state index contributed by atoms with van der Waals surface area (Å²) < 4.78 is 12.0. The normalized spacial score (nSPS) is 29.1. The fourth-order valence-electron chi connectivity index (χ4n) is 12.1. The Bertz CT molecular complexity index is 1370. The molecule has 0 saturated heterocycles. The molecule has 8 nitrogen and oxygen atoms in total. The number of nitrogens with zero attached hydrogens (tertiary/aromatic N) is 1. The van der Waals surface area contributed by atoms with Gasteiger partial charge in [0.1, 0.15) is 11.7 Å². The van der Waals surface area contributed by atoms with E-state index in [1.54, 1.807) is 5.57 Å². The lowest BCUT2D eigenvalue weighted by molar-refractivity contribution is -0.111. The van der Waals surface area contributed by atoms with Crippen LogP contribution in [0.4, 0.5) is 9.59 Å². The molecule has 334 valence electrons. The first-order chi connectivity index (χ1) is 27.1. The Hall–Kier alpha value is -2.25. The van der Waals surface area contributed by atoms with E-state index >= 15 is 0 Å². The molecule has 0 aliphatic heterocycles. The third kappa shape index (κ3) is 13.1. The molecular weight excluding hydrogens is 723 g/mol. The van der Waals surface area contributed by atoms with Crippen molar-refractivity contribution in [2.24, 2.45) is 46.3 Å². The predicted octanol–water partition coefficient (Wildman–Crippen LogP) is 12.8. The van der Waals surface area contributed by atoms with E-state index in [0.717, 1.165) is 99.7 Å². The van der Waals surface area contributed by atoms with E-state index in [4.69, 9.17) is 9.47 Å². The average molecular weight is 812 g/mol. The molecule has 3 fully saturated rings. The van der Waals surface area contributed by atoms with Crippen LogP contribution in [0.25, 0.3) is 0 Å². The molecule has 3 amide bonds. The van der Waals surface area contributed by atoms with E-state index in [0.29, 0.717) is 24.9 Å². The van der Waals surface area contributed by atoms with Gasteiger partial charge in [0.2, 0.25) is 6.41 Å². The van der Waals surface area contributed by atoms with E-state index in [9.17, 15) is 14.4 Å². The van der Waals surface area contributed by atoms with Gasteiger partial charge < -0.3 is 25.0 Å². The Labute approximate surface area is 355 Å². The van der Waals surface area contributed by atoms with Crippen molar-refractivity contribution in [3.63, 3.8) is 0 Å².